The number of nitrogens with one attached hydrogen (secondary N) is 1. The highest BCUT2D eigenvalue weighted by Gasteiger charge is 2.28. The Bertz CT molecular complexity index is 797. The quantitative estimate of drug-likeness (QED) is 0.847. The Kier molecular flexibility index (Phi) is 6.29. The zero-order valence-electron chi connectivity index (χ0n) is 15.7. The highest BCUT2D eigenvalue weighted by molar-refractivity contribution is 5.77. The van der Waals surface area contributed by atoms with Crippen LogP contribution < -0.4 is 14.8 Å². The standard InChI is InChI=1S/C21H25FN2O3/c1-26-18-7-8-20(27-2)16(13-18)6-9-21(25)24-11-10-23-14-19(24)15-4-3-5-17(22)12-15/h3-5,7-8,12-13,19,23H,6,9-11,14H2,1-2H3. The third-order valence-corrected chi connectivity index (χ3v) is 4.89. The zero-order valence-corrected chi connectivity index (χ0v) is 15.7. The fraction of sp³-hybridized carbons (Fsp3) is 0.381. The molecule has 0 aromatic heterocycles. The first kappa shape index (κ1) is 19.2. The predicted molar refractivity (Wildman–Crippen MR) is 102 cm³/mol. The number of rotatable bonds is 6. The molecule has 0 spiro atoms. The van der Waals surface area contributed by atoms with Gasteiger partial charge >= 0.3 is 0 Å². The van der Waals surface area contributed by atoms with Gasteiger partial charge in [0, 0.05) is 26.1 Å². The maximum atomic E-state index is 13.6. The van der Waals surface area contributed by atoms with Gasteiger partial charge in [0.1, 0.15) is 17.3 Å². The fourth-order valence-electron chi connectivity index (χ4n) is 3.48. The van der Waals surface area contributed by atoms with Crippen molar-refractivity contribution >= 4 is 5.91 Å². The first-order valence-electron chi connectivity index (χ1n) is 9.09. The molecule has 1 atom stereocenters. The third kappa shape index (κ3) is 4.57. The van der Waals surface area contributed by atoms with E-state index in [4.69, 9.17) is 9.47 Å². The topological polar surface area (TPSA) is 50.8 Å². The molecule has 6 heteroatoms. The number of hydrogen-bond donors (Lipinski definition) is 1. The summed E-state index contributed by atoms with van der Waals surface area (Å²) in [6.45, 7) is 1.97. The predicted octanol–water partition coefficient (Wildman–Crippen LogP) is 2.95. The second kappa shape index (κ2) is 8.86. The lowest BCUT2D eigenvalue weighted by Crippen LogP contribution is -2.48. The first-order valence-corrected chi connectivity index (χ1v) is 9.09. The fourth-order valence-corrected chi connectivity index (χ4v) is 3.48. The molecular formula is C21H25FN2O3. The molecule has 0 radical (unpaired) electrons. The molecule has 0 bridgehead atoms. The Labute approximate surface area is 159 Å². The van der Waals surface area contributed by atoms with Crippen LogP contribution in [0.15, 0.2) is 42.5 Å². The normalized spacial score (nSPS) is 16.9. The zero-order chi connectivity index (χ0) is 19.2. The number of carbonyl (C=O) groups excluding carboxylic acids is 1. The van der Waals surface area contributed by atoms with Gasteiger partial charge < -0.3 is 19.7 Å². The molecule has 0 saturated carbocycles. The van der Waals surface area contributed by atoms with Crippen molar-refractivity contribution in [1.29, 1.82) is 0 Å². The number of hydrogen-bond acceptors (Lipinski definition) is 4. The van der Waals surface area contributed by atoms with E-state index in [2.05, 4.69) is 5.32 Å². The minimum absolute atomic E-state index is 0.0515. The second-order valence-electron chi connectivity index (χ2n) is 6.54. The molecule has 144 valence electrons. The van der Waals surface area contributed by atoms with Gasteiger partial charge in [-0.25, -0.2) is 4.39 Å². The summed E-state index contributed by atoms with van der Waals surface area (Å²) in [4.78, 5) is 14.8. The lowest BCUT2D eigenvalue weighted by molar-refractivity contribution is -0.134. The third-order valence-electron chi connectivity index (χ3n) is 4.89. The van der Waals surface area contributed by atoms with E-state index in [1.54, 1.807) is 20.3 Å². The summed E-state index contributed by atoms with van der Waals surface area (Å²) in [5.74, 6) is 1.24. The molecule has 2 aromatic carbocycles. The average Bonchev–Trinajstić information content (AvgIpc) is 2.71. The monoisotopic (exact) mass is 372 g/mol. The Morgan fingerprint density at radius 1 is 1.22 bits per heavy atom. The molecule has 1 saturated heterocycles. The minimum atomic E-state index is -0.286. The molecule has 1 aliphatic rings. The lowest BCUT2D eigenvalue weighted by Gasteiger charge is -2.36. The summed E-state index contributed by atoms with van der Waals surface area (Å²) < 4.78 is 24.3. The first-order chi connectivity index (χ1) is 13.1. The second-order valence-corrected chi connectivity index (χ2v) is 6.54. The number of methoxy groups -OCH3 is 2. The molecule has 1 fully saturated rings. The van der Waals surface area contributed by atoms with E-state index in [0.717, 1.165) is 29.2 Å². The van der Waals surface area contributed by atoms with Gasteiger partial charge in [0.2, 0.25) is 5.91 Å². The Hall–Kier alpha value is -2.60. The molecule has 1 aliphatic heterocycles. The molecule has 1 N–H and O–H groups in total. The lowest BCUT2D eigenvalue weighted by atomic mass is 10.0. The van der Waals surface area contributed by atoms with Crippen molar-refractivity contribution in [3.05, 3.63) is 59.4 Å². The molecule has 3 rings (SSSR count). The Balaban J connectivity index is 1.72. The molecular weight excluding hydrogens is 347 g/mol. The summed E-state index contributed by atoms with van der Waals surface area (Å²) in [7, 11) is 3.23. The van der Waals surface area contributed by atoms with Crippen LogP contribution in [0.3, 0.4) is 0 Å². The Morgan fingerprint density at radius 3 is 2.81 bits per heavy atom. The largest absolute Gasteiger partial charge is 0.497 e. The number of nitrogens with zero attached hydrogens (tertiary/aromatic N) is 1. The number of aryl methyl sites for hydroxylation is 1. The Morgan fingerprint density at radius 2 is 2.07 bits per heavy atom. The van der Waals surface area contributed by atoms with Gasteiger partial charge in [0.15, 0.2) is 0 Å². The van der Waals surface area contributed by atoms with Crippen molar-refractivity contribution in [2.75, 3.05) is 33.9 Å². The molecule has 1 amide bonds. The SMILES string of the molecule is COc1ccc(OC)c(CCC(=O)N2CCNCC2c2cccc(F)c2)c1. The number of benzene rings is 2. The number of ether oxygens (including phenoxy) is 2. The number of carbonyl (C=O) groups is 1. The van der Waals surface area contributed by atoms with Gasteiger partial charge in [-0.3, -0.25) is 4.79 Å². The van der Waals surface area contributed by atoms with Crippen molar-refractivity contribution in [3.63, 3.8) is 0 Å². The van der Waals surface area contributed by atoms with Crippen molar-refractivity contribution < 1.29 is 18.7 Å². The van der Waals surface area contributed by atoms with Gasteiger partial charge in [-0.2, -0.15) is 0 Å². The summed E-state index contributed by atoms with van der Waals surface area (Å²) in [6.07, 6.45) is 0.911. The number of piperazine rings is 1. The van der Waals surface area contributed by atoms with Crippen LogP contribution in [0.5, 0.6) is 11.5 Å². The van der Waals surface area contributed by atoms with Crippen LogP contribution in [0.2, 0.25) is 0 Å². The maximum Gasteiger partial charge on any atom is 0.223 e. The van der Waals surface area contributed by atoms with Crippen LogP contribution in [0, 0.1) is 5.82 Å². The van der Waals surface area contributed by atoms with E-state index in [0.29, 0.717) is 25.9 Å². The van der Waals surface area contributed by atoms with Crippen LogP contribution in [0.25, 0.3) is 0 Å². The van der Waals surface area contributed by atoms with Crippen molar-refractivity contribution in [1.82, 2.24) is 10.2 Å². The highest BCUT2D eigenvalue weighted by atomic mass is 19.1. The number of amides is 1. The van der Waals surface area contributed by atoms with Gasteiger partial charge in [-0.15, -0.1) is 0 Å². The highest BCUT2D eigenvalue weighted by Crippen LogP contribution is 2.27. The van der Waals surface area contributed by atoms with E-state index in [9.17, 15) is 9.18 Å². The van der Waals surface area contributed by atoms with Gasteiger partial charge in [-0.05, 0) is 47.9 Å². The van der Waals surface area contributed by atoms with E-state index >= 15 is 0 Å². The van der Waals surface area contributed by atoms with Crippen molar-refractivity contribution in [2.24, 2.45) is 0 Å². The summed E-state index contributed by atoms with van der Waals surface area (Å²) >= 11 is 0. The van der Waals surface area contributed by atoms with Crippen LogP contribution in [0.1, 0.15) is 23.6 Å². The van der Waals surface area contributed by atoms with Gasteiger partial charge in [0.05, 0.1) is 20.3 Å². The summed E-state index contributed by atoms with van der Waals surface area (Å²) in [5.41, 5.74) is 1.75. The molecule has 0 aliphatic carbocycles. The maximum absolute atomic E-state index is 13.6. The van der Waals surface area contributed by atoms with E-state index in [1.165, 1.54) is 12.1 Å². The van der Waals surface area contributed by atoms with Crippen LogP contribution >= 0.6 is 0 Å². The molecule has 1 unspecified atom stereocenters. The van der Waals surface area contributed by atoms with E-state index < -0.39 is 0 Å². The number of halogens is 1. The van der Waals surface area contributed by atoms with E-state index in [-0.39, 0.29) is 17.8 Å². The minimum Gasteiger partial charge on any atom is -0.497 e. The van der Waals surface area contributed by atoms with Crippen LogP contribution in [-0.4, -0.2) is 44.7 Å². The smallest absolute Gasteiger partial charge is 0.223 e. The van der Waals surface area contributed by atoms with Crippen molar-refractivity contribution in [3.8, 4) is 11.5 Å². The van der Waals surface area contributed by atoms with E-state index in [1.807, 2.05) is 29.2 Å². The van der Waals surface area contributed by atoms with Crippen LogP contribution in [0.4, 0.5) is 4.39 Å². The van der Waals surface area contributed by atoms with Crippen LogP contribution in [-0.2, 0) is 11.2 Å². The van der Waals surface area contributed by atoms with Crippen molar-refractivity contribution in [2.45, 2.75) is 18.9 Å². The van der Waals surface area contributed by atoms with Gasteiger partial charge in [-0.1, -0.05) is 12.1 Å². The molecule has 1 heterocycles. The average molecular weight is 372 g/mol. The van der Waals surface area contributed by atoms with Gasteiger partial charge in [0.25, 0.3) is 0 Å². The molecule has 27 heavy (non-hydrogen) atoms. The summed E-state index contributed by atoms with van der Waals surface area (Å²) in [5, 5.41) is 3.29. The summed E-state index contributed by atoms with van der Waals surface area (Å²) in [6, 6.07) is 11.9. The molecule has 2 aromatic rings. The molecule has 5 nitrogen and oxygen atoms in total.